The third-order valence-electron chi connectivity index (χ3n) is 19.3. The van der Waals surface area contributed by atoms with Crippen molar-refractivity contribution >= 4 is 29.5 Å². The zero-order chi connectivity index (χ0) is 79.0. The molecule has 590 valence electrons. The maximum Gasteiger partial charge on any atom is 0.248 e. The number of benzene rings is 7. The van der Waals surface area contributed by atoms with E-state index >= 15 is 0 Å². The van der Waals surface area contributed by atoms with Crippen LogP contribution in [-0.4, -0.2) is 105 Å². The number of pyridine rings is 1. The van der Waals surface area contributed by atoms with Gasteiger partial charge in [-0.05, 0) is 140 Å². The first kappa shape index (κ1) is 83.4. The van der Waals surface area contributed by atoms with Crippen LogP contribution < -0.4 is 40.8 Å². The first-order chi connectivity index (χ1) is 55.3. The van der Waals surface area contributed by atoms with Gasteiger partial charge in [0.05, 0.1) is 62.9 Å². The number of carbonyl (C=O) groups excluding carboxylic acids is 5. The van der Waals surface area contributed by atoms with Crippen LogP contribution in [0, 0.1) is 5.92 Å². The van der Waals surface area contributed by atoms with Crippen molar-refractivity contribution in [1.29, 1.82) is 0 Å². The summed E-state index contributed by atoms with van der Waals surface area (Å²) in [4.78, 5) is 62.4. The molecule has 113 heavy (non-hydrogen) atoms. The monoisotopic (exact) mass is 1530 g/mol. The van der Waals surface area contributed by atoms with E-state index in [1.807, 2.05) is 182 Å². The van der Waals surface area contributed by atoms with Gasteiger partial charge in [-0.2, -0.15) is 0 Å². The largest absolute Gasteiger partial charge is 0.497 e. The molecule has 0 saturated heterocycles. The number of aromatic nitrogens is 1. The molecule has 1 aliphatic carbocycles. The van der Waals surface area contributed by atoms with Gasteiger partial charge in [-0.1, -0.05) is 228 Å². The zero-order valence-electron chi connectivity index (χ0n) is 65.0. The van der Waals surface area contributed by atoms with Crippen molar-refractivity contribution in [2.75, 3.05) is 40.1 Å². The molecule has 5 aliphatic heterocycles. The second-order valence-corrected chi connectivity index (χ2v) is 28.2. The van der Waals surface area contributed by atoms with Gasteiger partial charge in [-0.25, -0.2) is 0 Å². The SMILES string of the molecule is C=C(C)Oc1ccc(COC2=CC(=O)NC2Cc2ccc(OC)cc2)cc1.CCCCCOC1=CC(=O)N[C@H]1Cc1ccccc1.O=C1C=C(OCCC2CCCCC2)[C@H](Cc2ccccc2)N1.O=C1C=C(OCCOc2ccccc2)[C@H](Cc2ccccc2)N1.O=C1C=C(OCCc2ccccn2)[C@H](Cc2ccccc2)N1. The summed E-state index contributed by atoms with van der Waals surface area (Å²) in [5.74, 6) is 7.03. The summed E-state index contributed by atoms with van der Waals surface area (Å²) in [5.41, 5.74) is 7.84. The number of rotatable bonds is 34. The summed E-state index contributed by atoms with van der Waals surface area (Å²) in [6.07, 6.45) is 25.3. The van der Waals surface area contributed by atoms with E-state index < -0.39 is 0 Å². The number of nitrogens with zero attached hydrogens (tertiary/aromatic N) is 1. The topological polar surface area (TPSA) is 232 Å². The minimum Gasteiger partial charge on any atom is -0.497 e. The lowest BCUT2D eigenvalue weighted by Gasteiger charge is -2.22. The smallest absolute Gasteiger partial charge is 0.248 e. The van der Waals surface area contributed by atoms with E-state index in [1.165, 1.54) is 67.4 Å². The minimum atomic E-state index is -0.170. The highest BCUT2D eigenvalue weighted by Crippen LogP contribution is 2.29. The Labute approximate surface area is 665 Å². The predicted octanol–water partition coefficient (Wildman–Crippen LogP) is 15.1. The highest BCUT2D eigenvalue weighted by molar-refractivity contribution is 5.93. The highest BCUT2D eigenvalue weighted by atomic mass is 16.5. The summed E-state index contributed by atoms with van der Waals surface area (Å²) in [5, 5.41) is 14.7. The van der Waals surface area contributed by atoms with Crippen LogP contribution >= 0.6 is 0 Å². The molecule has 1 fully saturated rings. The van der Waals surface area contributed by atoms with Crippen molar-refractivity contribution in [2.24, 2.45) is 5.92 Å². The van der Waals surface area contributed by atoms with E-state index in [2.05, 4.69) is 81.5 Å². The molecule has 0 spiro atoms. The molecule has 0 radical (unpaired) electrons. The number of hydrogen-bond acceptors (Lipinski definition) is 14. The number of para-hydroxylation sites is 1. The number of unbranched alkanes of at least 4 members (excludes halogenated alkanes) is 2. The molecule has 19 heteroatoms. The molecule has 5 N–H and O–H groups in total. The zero-order valence-corrected chi connectivity index (χ0v) is 65.0. The number of amides is 5. The Balaban J connectivity index is 0.000000150. The molecule has 5 amide bonds. The van der Waals surface area contributed by atoms with E-state index in [4.69, 9.17) is 37.9 Å². The van der Waals surface area contributed by atoms with Gasteiger partial charge >= 0.3 is 0 Å². The van der Waals surface area contributed by atoms with Crippen molar-refractivity contribution in [3.05, 3.63) is 335 Å². The molecule has 19 nitrogen and oxygen atoms in total. The summed E-state index contributed by atoms with van der Waals surface area (Å²) >= 11 is 0. The standard InChI is InChI=1S/C22H23NO4.C19H19NO3.C19H25NO2.C18H18N2O2.C16H21NO2/c1-15(2)27-19-10-6-17(7-11-19)14-26-21-13-22(24)23-20(21)12-16-4-8-18(25-3)9-5-16;21-19-14-18(17(20-19)13-15-7-3-1-4-8-15)23-12-11-22-16-9-5-2-6-10-16;21-19-14-18(22-12-11-15-7-3-1-4-8-15)17(20-19)13-16-9-5-2-6-10-16;21-18-13-17(22-11-9-15-8-4-5-10-19-15)16(20-18)12-14-6-2-1-3-7-14;1-2-3-7-10-19-15-12-16(18)17-14(15)11-13-8-5-4-6-9-13/h4-11,13,20H,1,12,14H2,2-3H3,(H,23,24);1-10,14,17H,11-13H2,(H,20,21);2,5-6,9-10,14-15,17H,1,3-4,7-8,11-13H2,(H,20,21);1-8,10,13,16H,9,11-12H2,(H,20,21);4-6,8-9,12,14H,2-3,7,10-11H2,1H3,(H,17,18)/t;2*17-;16-;14-/m.0000/s1. The molecule has 8 aromatic rings. The second-order valence-electron chi connectivity index (χ2n) is 28.2. The van der Waals surface area contributed by atoms with Crippen LogP contribution in [0.1, 0.15) is 111 Å². The molecule has 6 aliphatic rings. The molecule has 6 heterocycles. The molecule has 1 saturated carbocycles. The molecule has 1 aromatic heterocycles. The van der Waals surface area contributed by atoms with Crippen LogP contribution in [0.15, 0.2) is 296 Å². The van der Waals surface area contributed by atoms with Crippen molar-refractivity contribution in [1.82, 2.24) is 31.6 Å². The van der Waals surface area contributed by atoms with Crippen molar-refractivity contribution in [3.8, 4) is 17.2 Å². The Morgan fingerprint density at radius 2 is 0.752 bits per heavy atom. The number of nitrogens with one attached hydrogen (secondary N) is 5. The third kappa shape index (κ3) is 29.6. The van der Waals surface area contributed by atoms with Gasteiger partial charge in [-0.15, -0.1) is 0 Å². The Kier molecular flexibility index (Phi) is 33.8. The average molecular weight is 1530 g/mol. The number of methoxy groups -OCH3 is 1. The van der Waals surface area contributed by atoms with Gasteiger partial charge in [0, 0.05) is 48.7 Å². The van der Waals surface area contributed by atoms with Crippen molar-refractivity contribution in [2.45, 2.75) is 147 Å². The van der Waals surface area contributed by atoms with E-state index in [0.29, 0.717) is 62.5 Å². The third-order valence-corrected chi connectivity index (χ3v) is 19.3. The minimum absolute atomic E-state index is 0.0127. The molecule has 1 unspecified atom stereocenters. The van der Waals surface area contributed by atoms with Crippen LogP contribution in [0.2, 0.25) is 0 Å². The van der Waals surface area contributed by atoms with Crippen LogP contribution in [0.4, 0.5) is 0 Å². The van der Waals surface area contributed by atoms with Gasteiger partial charge in [0.1, 0.15) is 65.9 Å². The molecule has 14 rings (SSSR count). The fraction of sp³-hybridized carbons (Fsp3) is 0.319. The predicted molar refractivity (Wildman–Crippen MR) is 438 cm³/mol. The maximum atomic E-state index is 11.8. The number of hydrogen-bond donors (Lipinski definition) is 5. The number of ether oxygens (including phenoxy) is 8. The Morgan fingerprint density at radius 3 is 1.17 bits per heavy atom. The van der Waals surface area contributed by atoms with E-state index in [1.54, 1.807) is 38.5 Å². The number of carbonyl (C=O) groups is 5. The molecule has 0 bridgehead atoms. The normalized spacial score (nSPS) is 17.8. The average Bonchev–Trinajstić information content (AvgIpc) is 1.75. The van der Waals surface area contributed by atoms with Crippen LogP contribution in [-0.2, 0) is 92.8 Å². The fourth-order valence-corrected chi connectivity index (χ4v) is 13.5. The summed E-state index contributed by atoms with van der Waals surface area (Å²) < 4.78 is 45.3. The molecular weight excluding hydrogens is 1420 g/mol. The van der Waals surface area contributed by atoms with Crippen LogP contribution in [0.5, 0.6) is 17.2 Å². The van der Waals surface area contributed by atoms with Crippen LogP contribution in [0.25, 0.3) is 0 Å². The Hall–Kier alpha value is -12.1. The lowest BCUT2D eigenvalue weighted by molar-refractivity contribution is -0.117. The van der Waals surface area contributed by atoms with Crippen LogP contribution in [0.3, 0.4) is 0 Å². The Morgan fingerprint density at radius 1 is 0.381 bits per heavy atom. The molecule has 5 atom stereocenters. The highest BCUT2D eigenvalue weighted by Gasteiger charge is 2.30. The maximum absolute atomic E-state index is 11.8. The fourth-order valence-electron chi connectivity index (χ4n) is 13.5. The molecule has 7 aromatic carbocycles. The first-order valence-electron chi connectivity index (χ1n) is 39.3. The number of allylic oxidation sites excluding steroid dienone is 1. The van der Waals surface area contributed by atoms with Gasteiger partial charge in [0.25, 0.3) is 0 Å². The second kappa shape index (κ2) is 45.9. The lowest BCUT2D eigenvalue weighted by Crippen LogP contribution is -2.31. The first-order valence-corrected chi connectivity index (χ1v) is 39.3. The van der Waals surface area contributed by atoms with E-state index in [0.717, 1.165) is 115 Å². The van der Waals surface area contributed by atoms with Gasteiger partial charge < -0.3 is 64.5 Å². The van der Waals surface area contributed by atoms with Crippen molar-refractivity contribution < 1.29 is 61.9 Å². The summed E-state index contributed by atoms with van der Waals surface area (Å²) in [7, 11) is 1.64. The lowest BCUT2D eigenvalue weighted by atomic mass is 9.87. The van der Waals surface area contributed by atoms with E-state index in [9.17, 15) is 24.0 Å². The van der Waals surface area contributed by atoms with E-state index in [-0.39, 0.29) is 59.7 Å². The quantitative estimate of drug-likeness (QED) is 0.0187. The van der Waals surface area contributed by atoms with Gasteiger partial charge in [-0.3, -0.25) is 29.0 Å². The van der Waals surface area contributed by atoms with Gasteiger partial charge in [0.15, 0.2) is 0 Å². The Bertz CT molecular complexity index is 4420. The van der Waals surface area contributed by atoms with Crippen molar-refractivity contribution in [3.63, 3.8) is 0 Å². The molecular formula is C94H106N6O13. The summed E-state index contributed by atoms with van der Waals surface area (Å²) in [6.45, 7) is 10.9. The van der Waals surface area contributed by atoms with Gasteiger partial charge in [0.2, 0.25) is 29.5 Å². The summed E-state index contributed by atoms with van der Waals surface area (Å²) in [6, 6.07) is 70.9.